The molecule has 7 heteroatoms. The van der Waals surface area contributed by atoms with Crippen LogP contribution in [0.1, 0.15) is 0 Å². The van der Waals surface area contributed by atoms with Crippen LogP contribution in [0.2, 0.25) is 5.02 Å². The maximum atomic E-state index is 12.5. The minimum Gasteiger partial charge on any atom is -0.264 e. The third-order valence-corrected chi connectivity index (χ3v) is 4.62. The Bertz CT molecular complexity index is 907. The van der Waals surface area contributed by atoms with Crippen LogP contribution in [-0.4, -0.2) is 18.4 Å². The van der Waals surface area contributed by atoms with Gasteiger partial charge >= 0.3 is 0 Å². The largest absolute Gasteiger partial charge is 0.264 e. The molecule has 21 heavy (non-hydrogen) atoms. The molecule has 0 fully saturated rings. The highest BCUT2D eigenvalue weighted by molar-refractivity contribution is 7.93. The molecule has 3 rings (SSSR count). The number of rotatable bonds is 3. The molecule has 0 saturated heterocycles. The van der Waals surface area contributed by atoms with Crippen molar-refractivity contribution in [1.82, 2.24) is 9.97 Å². The molecule has 1 N–H and O–H groups in total. The van der Waals surface area contributed by atoms with Gasteiger partial charge in [0, 0.05) is 29.4 Å². The van der Waals surface area contributed by atoms with Crippen LogP contribution in [-0.2, 0) is 10.0 Å². The van der Waals surface area contributed by atoms with Gasteiger partial charge in [-0.25, -0.2) is 13.4 Å². The lowest BCUT2D eigenvalue weighted by Crippen LogP contribution is -2.14. The molecular formula is C14H10ClN3O2S. The number of halogens is 1. The molecule has 0 atom stereocenters. The first kappa shape index (κ1) is 13.8. The minimum absolute atomic E-state index is 0.102. The number of benzene rings is 1. The highest BCUT2D eigenvalue weighted by Gasteiger charge is 2.19. The van der Waals surface area contributed by atoms with Gasteiger partial charge in [-0.1, -0.05) is 23.7 Å². The van der Waals surface area contributed by atoms with Crippen LogP contribution < -0.4 is 4.72 Å². The average Bonchev–Trinajstić information content (AvgIpc) is 2.49. The van der Waals surface area contributed by atoms with E-state index in [1.54, 1.807) is 42.7 Å². The van der Waals surface area contributed by atoms with Crippen LogP contribution in [0, 0.1) is 0 Å². The summed E-state index contributed by atoms with van der Waals surface area (Å²) in [5.74, 6) is 0.102. The minimum atomic E-state index is -3.79. The second-order valence-electron chi connectivity index (χ2n) is 4.29. The highest BCUT2D eigenvalue weighted by Crippen LogP contribution is 2.26. The average molecular weight is 320 g/mol. The van der Waals surface area contributed by atoms with Crippen LogP contribution in [0.25, 0.3) is 10.8 Å². The van der Waals surface area contributed by atoms with Crippen LogP contribution in [0.5, 0.6) is 0 Å². The predicted octanol–water partition coefficient (Wildman–Crippen LogP) is 3.08. The Labute approximate surface area is 126 Å². The molecule has 2 aromatic heterocycles. The maximum Gasteiger partial charge on any atom is 0.263 e. The number of anilines is 1. The number of pyridine rings is 2. The molecule has 0 unspecified atom stereocenters. The first-order valence-electron chi connectivity index (χ1n) is 6.04. The maximum absolute atomic E-state index is 12.5. The molecule has 0 saturated carbocycles. The quantitative estimate of drug-likeness (QED) is 0.805. The summed E-state index contributed by atoms with van der Waals surface area (Å²) in [5.41, 5.74) is 0. The zero-order valence-corrected chi connectivity index (χ0v) is 12.3. The van der Waals surface area contributed by atoms with Crippen molar-refractivity contribution in [2.45, 2.75) is 4.90 Å². The van der Waals surface area contributed by atoms with Gasteiger partial charge in [0.2, 0.25) is 0 Å². The Morgan fingerprint density at radius 3 is 2.71 bits per heavy atom. The second-order valence-corrected chi connectivity index (χ2v) is 6.35. The fourth-order valence-corrected chi connectivity index (χ4v) is 3.46. The van der Waals surface area contributed by atoms with Crippen LogP contribution in [0.3, 0.4) is 0 Å². The van der Waals surface area contributed by atoms with Gasteiger partial charge in [-0.2, -0.15) is 0 Å². The molecule has 0 spiro atoms. The fourth-order valence-electron chi connectivity index (χ4n) is 1.97. The van der Waals surface area contributed by atoms with Crippen LogP contribution in [0.4, 0.5) is 5.82 Å². The van der Waals surface area contributed by atoms with Gasteiger partial charge in [0.15, 0.2) is 5.82 Å². The molecule has 0 aliphatic rings. The summed E-state index contributed by atoms with van der Waals surface area (Å²) in [6.07, 6.45) is 4.63. The van der Waals surface area contributed by atoms with Crippen molar-refractivity contribution >= 4 is 38.2 Å². The van der Waals surface area contributed by atoms with Crippen molar-refractivity contribution in [1.29, 1.82) is 0 Å². The number of hydrogen-bond acceptors (Lipinski definition) is 4. The van der Waals surface area contributed by atoms with E-state index in [1.165, 1.54) is 12.3 Å². The number of aromatic nitrogens is 2. The lowest BCUT2D eigenvalue weighted by atomic mass is 10.2. The Balaban J connectivity index is 2.11. The van der Waals surface area contributed by atoms with Crippen molar-refractivity contribution in [2.24, 2.45) is 0 Å². The Morgan fingerprint density at radius 1 is 1.05 bits per heavy atom. The summed E-state index contributed by atoms with van der Waals surface area (Å²) in [6.45, 7) is 0. The second kappa shape index (κ2) is 5.31. The number of hydrogen-bond donors (Lipinski definition) is 1. The van der Waals surface area contributed by atoms with Gasteiger partial charge in [0.1, 0.15) is 0 Å². The smallest absolute Gasteiger partial charge is 0.263 e. The topological polar surface area (TPSA) is 72.0 Å². The molecule has 0 amide bonds. The van der Waals surface area contributed by atoms with Crippen molar-refractivity contribution in [3.05, 3.63) is 60.0 Å². The summed E-state index contributed by atoms with van der Waals surface area (Å²) in [4.78, 5) is 8.08. The van der Waals surface area contributed by atoms with Crippen LogP contribution >= 0.6 is 11.6 Å². The van der Waals surface area contributed by atoms with E-state index in [1.807, 2.05) is 0 Å². The fraction of sp³-hybridized carbons (Fsp3) is 0. The van der Waals surface area contributed by atoms with Crippen molar-refractivity contribution in [3.8, 4) is 0 Å². The molecule has 0 aliphatic carbocycles. The van der Waals surface area contributed by atoms with Gasteiger partial charge in [0.25, 0.3) is 10.0 Å². The summed E-state index contributed by atoms with van der Waals surface area (Å²) < 4.78 is 27.5. The Kier molecular flexibility index (Phi) is 3.48. The molecule has 0 radical (unpaired) electrons. The van der Waals surface area contributed by atoms with Gasteiger partial charge in [0.05, 0.1) is 9.92 Å². The van der Waals surface area contributed by atoms with E-state index in [4.69, 9.17) is 11.6 Å². The highest BCUT2D eigenvalue weighted by atomic mass is 35.5. The van der Waals surface area contributed by atoms with E-state index < -0.39 is 10.0 Å². The third kappa shape index (κ3) is 2.68. The van der Waals surface area contributed by atoms with Crippen molar-refractivity contribution in [3.63, 3.8) is 0 Å². The lowest BCUT2D eigenvalue weighted by molar-refractivity contribution is 0.602. The number of nitrogens with one attached hydrogen (secondary N) is 1. The van der Waals surface area contributed by atoms with E-state index in [2.05, 4.69) is 14.7 Å². The van der Waals surface area contributed by atoms with Gasteiger partial charge in [-0.15, -0.1) is 0 Å². The number of sulfonamides is 1. The first-order valence-corrected chi connectivity index (χ1v) is 7.90. The zero-order chi connectivity index (χ0) is 14.9. The van der Waals surface area contributed by atoms with E-state index in [0.717, 1.165) is 5.39 Å². The number of fused-ring (bicyclic) bond motifs is 1. The van der Waals surface area contributed by atoms with Gasteiger partial charge in [-0.3, -0.25) is 9.71 Å². The Hall–Kier alpha value is -2.18. The standard InChI is InChI=1S/C14H10ClN3O2S/c15-12-4-2-7-17-14(12)18-21(19,20)13-5-1-3-10-9-16-8-6-11(10)13/h1-9H,(H,17,18). The zero-order valence-electron chi connectivity index (χ0n) is 10.7. The molecule has 0 bridgehead atoms. The monoisotopic (exact) mass is 319 g/mol. The van der Waals surface area contributed by atoms with Gasteiger partial charge in [-0.05, 0) is 24.3 Å². The first-order chi connectivity index (χ1) is 10.1. The normalized spacial score (nSPS) is 11.5. The predicted molar refractivity (Wildman–Crippen MR) is 81.8 cm³/mol. The summed E-state index contributed by atoms with van der Waals surface area (Å²) >= 11 is 5.94. The molecule has 106 valence electrons. The molecular weight excluding hydrogens is 310 g/mol. The van der Waals surface area contributed by atoms with Crippen molar-refractivity contribution in [2.75, 3.05) is 4.72 Å². The van der Waals surface area contributed by atoms with Crippen LogP contribution in [0.15, 0.2) is 59.9 Å². The molecule has 1 aromatic carbocycles. The molecule has 0 aliphatic heterocycles. The van der Waals surface area contributed by atoms with E-state index >= 15 is 0 Å². The summed E-state index contributed by atoms with van der Waals surface area (Å²) in [6, 6.07) is 9.85. The lowest BCUT2D eigenvalue weighted by Gasteiger charge is -2.10. The molecule has 5 nitrogen and oxygen atoms in total. The Morgan fingerprint density at radius 2 is 1.90 bits per heavy atom. The number of nitrogens with zero attached hydrogens (tertiary/aromatic N) is 2. The summed E-state index contributed by atoms with van der Waals surface area (Å²) in [5, 5.41) is 1.57. The summed E-state index contributed by atoms with van der Waals surface area (Å²) in [7, 11) is -3.79. The van der Waals surface area contributed by atoms with E-state index in [9.17, 15) is 8.42 Å². The molecule has 3 aromatic rings. The van der Waals surface area contributed by atoms with E-state index in [-0.39, 0.29) is 15.7 Å². The molecule has 2 heterocycles. The van der Waals surface area contributed by atoms with Gasteiger partial charge < -0.3 is 0 Å². The van der Waals surface area contributed by atoms with Crippen molar-refractivity contribution < 1.29 is 8.42 Å². The van der Waals surface area contributed by atoms with E-state index in [0.29, 0.717) is 5.39 Å². The third-order valence-electron chi connectivity index (χ3n) is 2.92. The SMILES string of the molecule is O=S(=O)(Nc1ncccc1Cl)c1cccc2cnccc12.